The summed E-state index contributed by atoms with van der Waals surface area (Å²) < 4.78 is 2.00. The largest absolute Gasteiger partial charge is 0.369 e. The van der Waals surface area contributed by atoms with Gasteiger partial charge in [-0.3, -0.25) is 0 Å². The number of hydrogen-bond donors (Lipinski definition) is 1. The van der Waals surface area contributed by atoms with Crippen LogP contribution in [0.3, 0.4) is 0 Å². The highest BCUT2D eigenvalue weighted by molar-refractivity contribution is 6.35. The first kappa shape index (κ1) is 13.3. The van der Waals surface area contributed by atoms with Crippen LogP contribution in [0.5, 0.6) is 0 Å². The molecule has 2 N–H and O–H groups in total. The van der Waals surface area contributed by atoms with E-state index in [9.17, 15) is 0 Å². The highest BCUT2D eigenvalue weighted by Crippen LogP contribution is 2.23. The van der Waals surface area contributed by atoms with Crippen LogP contribution in [0.25, 0.3) is 11.0 Å². The lowest BCUT2D eigenvalue weighted by atomic mass is 10.1. The molecule has 0 aliphatic rings. The van der Waals surface area contributed by atoms with Gasteiger partial charge in [0.1, 0.15) is 0 Å². The molecule has 1 heterocycles. The Kier molecular flexibility index (Phi) is 3.55. The Labute approximate surface area is 126 Å². The van der Waals surface area contributed by atoms with Crippen LogP contribution in [0.15, 0.2) is 42.5 Å². The van der Waals surface area contributed by atoms with Crippen LogP contribution in [0.1, 0.15) is 5.56 Å². The Bertz CT molecular complexity index is 765. The fourth-order valence-corrected chi connectivity index (χ4v) is 2.79. The van der Waals surface area contributed by atoms with Gasteiger partial charge in [-0.15, -0.1) is 0 Å². The number of hydrogen-bond acceptors (Lipinski definition) is 2. The zero-order chi connectivity index (χ0) is 14.1. The van der Waals surface area contributed by atoms with Crippen molar-refractivity contribution in [2.45, 2.75) is 13.0 Å². The third-order valence-electron chi connectivity index (χ3n) is 3.30. The van der Waals surface area contributed by atoms with E-state index in [1.54, 1.807) is 6.07 Å². The molecule has 0 saturated heterocycles. The van der Waals surface area contributed by atoms with Crippen LogP contribution in [0.4, 0.5) is 5.95 Å². The summed E-state index contributed by atoms with van der Waals surface area (Å²) in [6.45, 7) is 0.730. The van der Waals surface area contributed by atoms with Gasteiger partial charge in [-0.25, -0.2) is 4.98 Å². The summed E-state index contributed by atoms with van der Waals surface area (Å²) in [5.41, 5.74) is 8.97. The normalized spacial score (nSPS) is 11.1. The van der Waals surface area contributed by atoms with E-state index in [1.807, 2.05) is 41.0 Å². The second kappa shape index (κ2) is 5.35. The number of aromatic nitrogens is 2. The third-order valence-corrected chi connectivity index (χ3v) is 3.89. The number of para-hydroxylation sites is 2. The van der Waals surface area contributed by atoms with E-state index in [0.717, 1.165) is 29.6 Å². The van der Waals surface area contributed by atoms with Gasteiger partial charge >= 0.3 is 0 Å². The number of halogens is 2. The van der Waals surface area contributed by atoms with Gasteiger partial charge in [-0.1, -0.05) is 41.4 Å². The lowest BCUT2D eigenvalue weighted by Crippen LogP contribution is -2.06. The number of imidazole rings is 1. The smallest absolute Gasteiger partial charge is 0.201 e. The first-order chi connectivity index (χ1) is 9.65. The van der Waals surface area contributed by atoms with Gasteiger partial charge in [0.15, 0.2) is 0 Å². The fourth-order valence-electron chi connectivity index (χ4n) is 2.29. The second-order valence-electron chi connectivity index (χ2n) is 4.60. The monoisotopic (exact) mass is 305 g/mol. The van der Waals surface area contributed by atoms with E-state index in [1.165, 1.54) is 0 Å². The van der Waals surface area contributed by atoms with Gasteiger partial charge in [0.25, 0.3) is 0 Å². The molecule has 0 aliphatic heterocycles. The van der Waals surface area contributed by atoms with Crippen molar-refractivity contribution in [2.75, 3.05) is 5.73 Å². The van der Waals surface area contributed by atoms with Crippen molar-refractivity contribution in [3.8, 4) is 0 Å². The molecule has 0 saturated carbocycles. The molecule has 3 rings (SSSR count). The summed E-state index contributed by atoms with van der Waals surface area (Å²) in [5.74, 6) is 0.524. The van der Waals surface area contributed by atoms with E-state index >= 15 is 0 Å². The van der Waals surface area contributed by atoms with Gasteiger partial charge in [-0.2, -0.15) is 0 Å². The lowest BCUT2D eigenvalue weighted by Gasteiger charge is -2.08. The Hall–Kier alpha value is -1.71. The first-order valence-electron chi connectivity index (χ1n) is 6.30. The predicted octanol–water partition coefficient (Wildman–Crippen LogP) is 4.17. The third kappa shape index (κ3) is 2.47. The summed E-state index contributed by atoms with van der Waals surface area (Å²) in [7, 11) is 0. The quantitative estimate of drug-likeness (QED) is 0.789. The number of fused-ring (bicyclic) bond motifs is 1. The Morgan fingerprint density at radius 1 is 1.10 bits per heavy atom. The maximum atomic E-state index is 6.19. The van der Waals surface area contributed by atoms with Crippen LogP contribution in [0.2, 0.25) is 10.0 Å². The number of benzene rings is 2. The number of nitrogens with two attached hydrogens (primary N) is 1. The average molecular weight is 306 g/mol. The maximum Gasteiger partial charge on any atom is 0.201 e. The molecule has 5 heteroatoms. The molecule has 102 valence electrons. The van der Waals surface area contributed by atoms with Crippen molar-refractivity contribution in [1.82, 2.24) is 9.55 Å². The minimum atomic E-state index is 0.524. The molecule has 0 amide bonds. The van der Waals surface area contributed by atoms with E-state index in [0.29, 0.717) is 16.0 Å². The van der Waals surface area contributed by atoms with Gasteiger partial charge in [0.2, 0.25) is 5.95 Å². The zero-order valence-electron chi connectivity index (χ0n) is 10.7. The molecule has 2 aromatic carbocycles. The van der Waals surface area contributed by atoms with Gasteiger partial charge in [0.05, 0.1) is 11.0 Å². The van der Waals surface area contributed by atoms with Gasteiger partial charge in [0, 0.05) is 16.6 Å². The fraction of sp³-hybridized carbons (Fsp3) is 0.133. The molecule has 0 aliphatic carbocycles. The van der Waals surface area contributed by atoms with E-state index in [4.69, 9.17) is 28.9 Å². The maximum absolute atomic E-state index is 6.19. The van der Waals surface area contributed by atoms with Crippen molar-refractivity contribution in [2.24, 2.45) is 0 Å². The average Bonchev–Trinajstić information content (AvgIpc) is 2.74. The molecule has 0 unspecified atom stereocenters. The minimum Gasteiger partial charge on any atom is -0.369 e. The van der Waals surface area contributed by atoms with Crippen LogP contribution in [-0.2, 0) is 13.0 Å². The van der Waals surface area contributed by atoms with Gasteiger partial charge in [-0.05, 0) is 36.2 Å². The van der Waals surface area contributed by atoms with E-state index in [-0.39, 0.29) is 0 Å². The Morgan fingerprint density at radius 2 is 1.90 bits per heavy atom. The number of anilines is 1. The summed E-state index contributed by atoms with van der Waals surface area (Å²) >= 11 is 12.1. The minimum absolute atomic E-state index is 0.524. The molecule has 20 heavy (non-hydrogen) atoms. The Balaban J connectivity index is 1.88. The molecule has 3 aromatic rings. The summed E-state index contributed by atoms with van der Waals surface area (Å²) in [4.78, 5) is 4.35. The molecular weight excluding hydrogens is 293 g/mol. The highest BCUT2D eigenvalue weighted by atomic mass is 35.5. The van der Waals surface area contributed by atoms with Crippen LogP contribution >= 0.6 is 23.2 Å². The SMILES string of the molecule is Nc1nc2ccccc2n1CCc1ccc(Cl)cc1Cl. The lowest BCUT2D eigenvalue weighted by molar-refractivity contribution is 0.726. The van der Waals surface area contributed by atoms with Gasteiger partial charge < -0.3 is 10.3 Å². The van der Waals surface area contributed by atoms with Crippen LogP contribution < -0.4 is 5.73 Å². The zero-order valence-corrected chi connectivity index (χ0v) is 12.2. The van der Waals surface area contributed by atoms with Crippen LogP contribution in [-0.4, -0.2) is 9.55 Å². The summed E-state index contributed by atoms with van der Waals surface area (Å²) in [5, 5.41) is 1.33. The number of aryl methyl sites for hydroxylation is 2. The topological polar surface area (TPSA) is 43.8 Å². The molecule has 3 nitrogen and oxygen atoms in total. The molecule has 0 spiro atoms. The summed E-state index contributed by atoms with van der Waals surface area (Å²) in [6.07, 6.45) is 0.778. The molecule has 0 fully saturated rings. The van der Waals surface area contributed by atoms with E-state index < -0.39 is 0 Å². The number of nitrogens with zero attached hydrogens (tertiary/aromatic N) is 2. The Morgan fingerprint density at radius 3 is 2.70 bits per heavy atom. The van der Waals surface area contributed by atoms with E-state index in [2.05, 4.69) is 4.98 Å². The number of nitrogen functional groups attached to an aromatic ring is 1. The van der Waals surface area contributed by atoms with Crippen LogP contribution in [0, 0.1) is 0 Å². The highest BCUT2D eigenvalue weighted by Gasteiger charge is 2.08. The molecule has 0 bridgehead atoms. The van der Waals surface area contributed by atoms with Crippen molar-refractivity contribution in [3.05, 3.63) is 58.1 Å². The standard InChI is InChI=1S/C15H13Cl2N3/c16-11-6-5-10(12(17)9-11)7-8-20-14-4-2-1-3-13(14)19-15(20)18/h1-6,9H,7-8H2,(H2,18,19). The molecule has 0 atom stereocenters. The molecule has 0 radical (unpaired) electrons. The van der Waals surface area contributed by atoms with Crippen molar-refractivity contribution >= 4 is 40.2 Å². The summed E-state index contributed by atoms with van der Waals surface area (Å²) in [6, 6.07) is 13.5. The number of rotatable bonds is 3. The van der Waals surface area contributed by atoms with Crippen molar-refractivity contribution in [3.63, 3.8) is 0 Å². The second-order valence-corrected chi connectivity index (χ2v) is 5.44. The predicted molar refractivity (Wildman–Crippen MR) is 84.3 cm³/mol. The van der Waals surface area contributed by atoms with Crippen molar-refractivity contribution in [1.29, 1.82) is 0 Å². The first-order valence-corrected chi connectivity index (χ1v) is 7.05. The van der Waals surface area contributed by atoms with Crippen molar-refractivity contribution < 1.29 is 0 Å². The molecule has 1 aromatic heterocycles. The molecular formula is C15H13Cl2N3.